The fourth-order valence-corrected chi connectivity index (χ4v) is 5.06. The lowest BCUT2D eigenvalue weighted by Crippen LogP contribution is -2.28. The number of carboxylic acid groups (broad SMARTS) is 1. The van der Waals surface area contributed by atoms with Gasteiger partial charge in [0.15, 0.2) is 9.84 Å². The number of alkyl halides is 3. The molecule has 40 heavy (non-hydrogen) atoms. The molecule has 1 N–H and O–H groups in total. The van der Waals surface area contributed by atoms with E-state index in [-0.39, 0.29) is 24.7 Å². The van der Waals surface area contributed by atoms with Crippen LogP contribution in [0.5, 0.6) is 5.75 Å². The van der Waals surface area contributed by atoms with E-state index in [9.17, 15) is 35.2 Å². The molecule has 6 nitrogen and oxygen atoms in total. The molecular formula is C28H28F5NO5S. The maximum atomic E-state index is 14.6. The smallest absolute Gasteiger partial charge is 0.416 e. The van der Waals surface area contributed by atoms with E-state index in [1.54, 1.807) is 18.2 Å². The topological polar surface area (TPSA) is 83.9 Å². The Morgan fingerprint density at radius 3 is 2.30 bits per heavy atom. The molecule has 0 aliphatic carbocycles. The number of sulfone groups is 1. The lowest BCUT2D eigenvalue weighted by atomic mass is 10.1. The minimum Gasteiger partial charge on any atom is -0.493 e. The van der Waals surface area contributed by atoms with Gasteiger partial charge in [0.1, 0.15) is 17.4 Å². The van der Waals surface area contributed by atoms with Crippen molar-refractivity contribution in [1.82, 2.24) is 4.90 Å². The average Bonchev–Trinajstić information content (AvgIpc) is 2.86. The Labute approximate surface area is 228 Å². The molecule has 0 spiro atoms. The van der Waals surface area contributed by atoms with Gasteiger partial charge in [0, 0.05) is 37.5 Å². The number of carbonyl (C=O) groups is 1. The summed E-state index contributed by atoms with van der Waals surface area (Å²) in [6.07, 6.45) is -3.59. The molecule has 0 radical (unpaired) electrons. The van der Waals surface area contributed by atoms with Crippen LogP contribution in [-0.2, 0) is 40.2 Å². The first kappa shape index (κ1) is 31.0. The second-order valence-electron chi connectivity index (χ2n) is 9.28. The van der Waals surface area contributed by atoms with Crippen LogP contribution in [0.1, 0.15) is 28.7 Å². The molecule has 3 aromatic rings. The molecule has 0 saturated carbocycles. The Balaban J connectivity index is 1.70. The quantitative estimate of drug-likeness (QED) is 0.210. The van der Waals surface area contributed by atoms with Crippen LogP contribution in [0.4, 0.5) is 22.0 Å². The zero-order valence-electron chi connectivity index (χ0n) is 21.5. The Hall–Kier alpha value is -3.51. The maximum Gasteiger partial charge on any atom is 0.416 e. The molecule has 0 aliphatic heterocycles. The van der Waals surface area contributed by atoms with E-state index in [0.29, 0.717) is 31.5 Å². The Bertz CT molecular complexity index is 1430. The summed E-state index contributed by atoms with van der Waals surface area (Å²) in [4.78, 5) is 12.5. The number of aliphatic carboxylic acids is 1. The highest BCUT2D eigenvalue weighted by atomic mass is 32.2. The van der Waals surface area contributed by atoms with Crippen molar-refractivity contribution in [3.05, 3.63) is 94.6 Å². The first-order chi connectivity index (χ1) is 18.7. The minimum absolute atomic E-state index is 0.0244. The van der Waals surface area contributed by atoms with E-state index in [2.05, 4.69) is 0 Å². The molecule has 0 aromatic heterocycles. The third kappa shape index (κ3) is 9.30. The fraction of sp³-hybridized carbons (Fsp3) is 0.321. The zero-order chi connectivity index (χ0) is 29.5. The molecule has 0 aliphatic rings. The van der Waals surface area contributed by atoms with Crippen LogP contribution < -0.4 is 4.74 Å². The van der Waals surface area contributed by atoms with Gasteiger partial charge in [0.05, 0.1) is 23.5 Å². The summed E-state index contributed by atoms with van der Waals surface area (Å²) >= 11 is 0. The summed E-state index contributed by atoms with van der Waals surface area (Å²) in [6.45, 7) is 1.03. The summed E-state index contributed by atoms with van der Waals surface area (Å²) < 4.78 is 97.1. The lowest BCUT2D eigenvalue weighted by Gasteiger charge is -2.23. The number of rotatable bonds is 13. The van der Waals surface area contributed by atoms with Crippen molar-refractivity contribution in [3.63, 3.8) is 0 Å². The normalized spacial score (nSPS) is 12.1. The molecule has 0 saturated heterocycles. The molecule has 0 unspecified atom stereocenters. The summed E-state index contributed by atoms with van der Waals surface area (Å²) in [5, 5.41) is 9.00. The number of benzene rings is 3. The summed E-state index contributed by atoms with van der Waals surface area (Å²) in [5.41, 5.74) is 0.0675. The van der Waals surface area contributed by atoms with E-state index in [4.69, 9.17) is 9.84 Å². The standard InChI is InChI=1S/C28H28F5NO5S/c1-40(37,38)26-16-23(15-25(30)24(26)17-27(35)36)39-13-3-11-34(12-10-19-6-8-22(29)9-7-19)18-20-4-2-5-21(14-20)28(31,32)33/h2,4-9,14-16H,3,10-13,17-18H2,1H3,(H,35,36). The molecule has 3 aromatic carbocycles. The van der Waals surface area contributed by atoms with Crippen molar-refractivity contribution in [1.29, 1.82) is 0 Å². The highest BCUT2D eigenvalue weighted by molar-refractivity contribution is 7.90. The molecule has 216 valence electrons. The number of halogens is 5. The van der Waals surface area contributed by atoms with Gasteiger partial charge in [-0.2, -0.15) is 13.2 Å². The Morgan fingerprint density at radius 2 is 1.68 bits per heavy atom. The first-order valence-electron chi connectivity index (χ1n) is 12.2. The molecule has 12 heteroatoms. The molecule has 0 atom stereocenters. The van der Waals surface area contributed by atoms with E-state index in [1.807, 2.05) is 4.90 Å². The van der Waals surface area contributed by atoms with Gasteiger partial charge in [0.2, 0.25) is 0 Å². The van der Waals surface area contributed by atoms with E-state index in [1.165, 1.54) is 18.2 Å². The second kappa shape index (κ2) is 13.2. The second-order valence-corrected chi connectivity index (χ2v) is 11.3. The van der Waals surface area contributed by atoms with Gasteiger partial charge >= 0.3 is 12.1 Å². The van der Waals surface area contributed by atoms with Crippen molar-refractivity contribution in [3.8, 4) is 5.75 Å². The van der Waals surface area contributed by atoms with Gasteiger partial charge in [-0.05, 0) is 48.2 Å². The number of nitrogens with zero attached hydrogens (tertiary/aromatic N) is 1. The third-order valence-corrected chi connectivity index (χ3v) is 7.20. The van der Waals surface area contributed by atoms with Crippen LogP contribution in [0.25, 0.3) is 0 Å². The first-order valence-corrected chi connectivity index (χ1v) is 14.1. The van der Waals surface area contributed by atoms with E-state index in [0.717, 1.165) is 36.1 Å². The number of hydrogen-bond donors (Lipinski definition) is 1. The Morgan fingerprint density at radius 1 is 0.975 bits per heavy atom. The predicted molar refractivity (Wildman–Crippen MR) is 138 cm³/mol. The van der Waals surface area contributed by atoms with Gasteiger partial charge < -0.3 is 9.84 Å². The van der Waals surface area contributed by atoms with Gasteiger partial charge in [-0.3, -0.25) is 9.69 Å². The predicted octanol–water partition coefficient (Wildman–Crippen LogP) is 5.53. The fourth-order valence-electron chi connectivity index (χ4n) is 4.12. The average molecular weight is 586 g/mol. The number of ether oxygens (including phenoxy) is 1. The molecule has 0 heterocycles. The van der Waals surface area contributed by atoms with Gasteiger partial charge in [-0.25, -0.2) is 17.2 Å². The summed E-state index contributed by atoms with van der Waals surface area (Å²) in [6, 6.07) is 12.9. The molecule has 3 rings (SSSR count). The highest BCUT2D eigenvalue weighted by Crippen LogP contribution is 2.30. The van der Waals surface area contributed by atoms with Crippen molar-refractivity contribution < 1.29 is 45.0 Å². The van der Waals surface area contributed by atoms with Crippen molar-refractivity contribution >= 4 is 15.8 Å². The lowest BCUT2D eigenvalue weighted by molar-refractivity contribution is -0.138. The van der Waals surface area contributed by atoms with Gasteiger partial charge in [-0.15, -0.1) is 0 Å². The SMILES string of the molecule is CS(=O)(=O)c1cc(OCCCN(CCc2ccc(F)cc2)Cc2cccc(C(F)(F)F)c2)cc(F)c1CC(=O)O. The molecule has 0 fully saturated rings. The summed E-state index contributed by atoms with van der Waals surface area (Å²) in [5.74, 6) is -2.89. The number of hydrogen-bond acceptors (Lipinski definition) is 5. The van der Waals surface area contributed by atoms with E-state index >= 15 is 0 Å². The van der Waals surface area contributed by atoms with Crippen molar-refractivity contribution in [2.24, 2.45) is 0 Å². The molecule has 0 bridgehead atoms. The maximum absolute atomic E-state index is 14.6. The van der Waals surface area contributed by atoms with Crippen molar-refractivity contribution in [2.75, 3.05) is 26.0 Å². The van der Waals surface area contributed by atoms with E-state index < -0.39 is 50.2 Å². The monoisotopic (exact) mass is 585 g/mol. The number of carboxylic acids is 1. The zero-order valence-corrected chi connectivity index (χ0v) is 22.4. The van der Waals surface area contributed by atoms with Crippen LogP contribution in [0.2, 0.25) is 0 Å². The molecule has 0 amide bonds. The summed E-state index contributed by atoms with van der Waals surface area (Å²) in [7, 11) is -3.95. The minimum atomic E-state index is -4.48. The van der Waals surface area contributed by atoms with Crippen LogP contribution in [0.15, 0.2) is 65.6 Å². The largest absolute Gasteiger partial charge is 0.493 e. The molecular weight excluding hydrogens is 557 g/mol. The van der Waals surface area contributed by atoms with Crippen LogP contribution in [-0.4, -0.2) is 50.3 Å². The van der Waals surface area contributed by atoms with Crippen LogP contribution in [0, 0.1) is 11.6 Å². The van der Waals surface area contributed by atoms with Gasteiger partial charge in [-0.1, -0.05) is 30.3 Å². The third-order valence-electron chi connectivity index (χ3n) is 6.03. The van der Waals surface area contributed by atoms with Crippen LogP contribution in [0.3, 0.4) is 0 Å². The van der Waals surface area contributed by atoms with Crippen molar-refractivity contribution in [2.45, 2.75) is 36.9 Å². The van der Waals surface area contributed by atoms with Gasteiger partial charge in [0.25, 0.3) is 0 Å². The highest BCUT2D eigenvalue weighted by Gasteiger charge is 2.30. The Kier molecular flexibility index (Phi) is 10.3. The van der Waals surface area contributed by atoms with Crippen LogP contribution >= 0.6 is 0 Å².